The molecule has 16 heavy (non-hydrogen) atoms. The predicted octanol–water partition coefficient (Wildman–Crippen LogP) is 1.16. The van der Waals surface area contributed by atoms with Crippen LogP contribution in [-0.2, 0) is 11.2 Å². The van der Waals surface area contributed by atoms with Crippen LogP contribution in [0.3, 0.4) is 0 Å². The lowest BCUT2D eigenvalue weighted by Crippen LogP contribution is -2.32. The Morgan fingerprint density at radius 2 is 2.00 bits per heavy atom. The Hall–Kier alpha value is -0.980. The number of hydrogen-bond donors (Lipinski definition) is 2. The Bertz CT molecular complexity index is 366. The maximum Gasteiger partial charge on any atom is 0.320 e. The van der Waals surface area contributed by atoms with E-state index >= 15 is 0 Å². The summed E-state index contributed by atoms with van der Waals surface area (Å²) in [7, 11) is 0. The number of hydrogen-bond acceptors (Lipinski definition) is 3. The number of halogens is 4. The Morgan fingerprint density at radius 3 is 2.44 bits per heavy atom. The third-order valence-electron chi connectivity index (χ3n) is 1.65. The maximum atomic E-state index is 12.9. The molecule has 0 radical (unpaired) electrons. The fourth-order valence-corrected chi connectivity index (χ4v) is 0.917. The van der Waals surface area contributed by atoms with Gasteiger partial charge in [-0.1, -0.05) is 0 Å². The van der Waals surface area contributed by atoms with Crippen LogP contribution in [-0.4, -0.2) is 22.1 Å². The van der Waals surface area contributed by atoms with Crippen LogP contribution < -0.4 is 5.73 Å². The molecular weight excluding hydrogens is 265 g/mol. The van der Waals surface area contributed by atoms with Gasteiger partial charge in [0, 0.05) is 12.0 Å². The molecule has 0 fully saturated rings. The monoisotopic (exact) mass is 274 g/mol. The Balaban J connectivity index is 0. The summed E-state index contributed by atoms with van der Waals surface area (Å²) in [5, 5.41) is 8.45. The summed E-state index contributed by atoms with van der Waals surface area (Å²) in [5.74, 6) is -3.22. The number of pyridine rings is 1. The average molecular weight is 275 g/mol. The zero-order valence-corrected chi connectivity index (χ0v) is 9.52. The van der Waals surface area contributed by atoms with Crippen molar-refractivity contribution in [1.82, 2.24) is 4.98 Å². The first-order valence-electron chi connectivity index (χ1n) is 3.80. The van der Waals surface area contributed by atoms with Gasteiger partial charge in [0.1, 0.15) is 6.04 Å². The standard InChI is InChI=1S/C8H8F2N2O2.2ClH/c9-6-2-1-4(7(10)12-6)3-5(11)8(13)14;;/h1-2,5H,3,11H2,(H,13,14);2*1H/t5-;;/m0../s1. The van der Waals surface area contributed by atoms with Crippen molar-refractivity contribution in [1.29, 1.82) is 0 Å². The first-order chi connectivity index (χ1) is 6.50. The quantitative estimate of drug-likeness (QED) is 0.811. The third kappa shape index (κ3) is 4.69. The highest BCUT2D eigenvalue weighted by Crippen LogP contribution is 2.07. The SMILES string of the molecule is Cl.Cl.N[C@@H](Cc1ccc(F)nc1F)C(=O)O. The summed E-state index contributed by atoms with van der Waals surface area (Å²) in [5.41, 5.74) is 5.16. The van der Waals surface area contributed by atoms with Crippen LogP contribution in [0.5, 0.6) is 0 Å². The van der Waals surface area contributed by atoms with E-state index in [-0.39, 0.29) is 36.8 Å². The van der Waals surface area contributed by atoms with Crippen molar-refractivity contribution in [2.24, 2.45) is 5.73 Å². The molecule has 0 saturated carbocycles. The van der Waals surface area contributed by atoms with E-state index in [1.807, 2.05) is 0 Å². The molecule has 1 heterocycles. The highest BCUT2D eigenvalue weighted by molar-refractivity contribution is 5.85. The molecule has 92 valence electrons. The van der Waals surface area contributed by atoms with Gasteiger partial charge in [0.25, 0.3) is 0 Å². The first kappa shape index (κ1) is 17.4. The van der Waals surface area contributed by atoms with Crippen LogP contribution in [0, 0.1) is 11.9 Å². The first-order valence-corrected chi connectivity index (χ1v) is 3.80. The van der Waals surface area contributed by atoms with Gasteiger partial charge in [-0.2, -0.15) is 13.8 Å². The van der Waals surface area contributed by atoms with E-state index in [4.69, 9.17) is 10.8 Å². The molecule has 0 unspecified atom stereocenters. The van der Waals surface area contributed by atoms with Crippen molar-refractivity contribution in [2.45, 2.75) is 12.5 Å². The van der Waals surface area contributed by atoms with Crippen molar-refractivity contribution < 1.29 is 18.7 Å². The summed E-state index contributed by atoms with van der Waals surface area (Å²) < 4.78 is 25.2. The molecule has 0 amide bonds. The summed E-state index contributed by atoms with van der Waals surface area (Å²) in [6.07, 6.45) is -0.214. The van der Waals surface area contributed by atoms with Gasteiger partial charge in [-0.05, 0) is 12.1 Å². The summed E-state index contributed by atoms with van der Waals surface area (Å²) >= 11 is 0. The number of aliphatic carboxylic acids is 1. The second-order valence-corrected chi connectivity index (χ2v) is 2.73. The second-order valence-electron chi connectivity index (χ2n) is 2.73. The number of nitrogens with zero attached hydrogens (tertiary/aromatic N) is 1. The molecule has 0 aliphatic heterocycles. The number of nitrogens with two attached hydrogens (primary N) is 1. The lowest BCUT2D eigenvalue weighted by molar-refractivity contribution is -0.138. The van der Waals surface area contributed by atoms with Gasteiger partial charge in [0.15, 0.2) is 0 Å². The van der Waals surface area contributed by atoms with Crippen molar-refractivity contribution in [3.63, 3.8) is 0 Å². The molecule has 8 heteroatoms. The van der Waals surface area contributed by atoms with Gasteiger partial charge in [-0.25, -0.2) is 0 Å². The molecule has 0 aromatic carbocycles. The predicted molar refractivity (Wildman–Crippen MR) is 58.0 cm³/mol. The Morgan fingerprint density at radius 1 is 1.44 bits per heavy atom. The summed E-state index contributed by atoms with van der Waals surface area (Å²) in [6, 6.07) is 0.866. The van der Waals surface area contributed by atoms with Crippen LogP contribution in [0.25, 0.3) is 0 Å². The minimum absolute atomic E-state index is 0. The minimum Gasteiger partial charge on any atom is -0.480 e. The van der Waals surface area contributed by atoms with E-state index < -0.39 is 23.9 Å². The van der Waals surface area contributed by atoms with E-state index in [0.717, 1.165) is 12.1 Å². The normalized spacial score (nSPS) is 10.9. The molecule has 1 aromatic heterocycles. The lowest BCUT2D eigenvalue weighted by Gasteiger charge is -2.06. The van der Waals surface area contributed by atoms with Gasteiger partial charge < -0.3 is 10.8 Å². The summed E-state index contributed by atoms with van der Waals surface area (Å²) in [6.45, 7) is 0. The third-order valence-corrected chi connectivity index (χ3v) is 1.65. The molecule has 0 bridgehead atoms. The summed E-state index contributed by atoms with van der Waals surface area (Å²) in [4.78, 5) is 13.2. The fourth-order valence-electron chi connectivity index (χ4n) is 0.917. The number of carbonyl (C=O) groups is 1. The van der Waals surface area contributed by atoms with Crippen LogP contribution >= 0.6 is 24.8 Å². The number of aromatic nitrogens is 1. The fraction of sp³-hybridized carbons (Fsp3) is 0.250. The molecule has 0 aliphatic rings. The van der Waals surface area contributed by atoms with Crippen molar-refractivity contribution >= 4 is 30.8 Å². The molecule has 1 aromatic rings. The molecule has 1 rings (SSSR count). The smallest absolute Gasteiger partial charge is 0.320 e. The van der Waals surface area contributed by atoms with Crippen molar-refractivity contribution in [3.8, 4) is 0 Å². The molecule has 3 N–H and O–H groups in total. The van der Waals surface area contributed by atoms with Crippen LogP contribution in [0.1, 0.15) is 5.56 Å². The van der Waals surface area contributed by atoms with Crippen molar-refractivity contribution in [2.75, 3.05) is 0 Å². The Labute approximate surface area is 103 Å². The minimum atomic E-state index is -1.24. The zero-order valence-electron chi connectivity index (χ0n) is 7.89. The van der Waals surface area contributed by atoms with E-state index in [1.165, 1.54) is 0 Å². The maximum absolute atomic E-state index is 12.9. The lowest BCUT2D eigenvalue weighted by atomic mass is 10.1. The van der Waals surface area contributed by atoms with E-state index in [9.17, 15) is 13.6 Å². The Kier molecular flexibility index (Phi) is 7.97. The van der Waals surface area contributed by atoms with Gasteiger partial charge in [-0.15, -0.1) is 24.8 Å². The molecular formula is C8H10Cl2F2N2O2. The number of carboxylic acid groups (broad SMARTS) is 1. The highest BCUT2D eigenvalue weighted by Gasteiger charge is 2.15. The van der Waals surface area contributed by atoms with E-state index in [2.05, 4.69) is 4.98 Å². The molecule has 0 spiro atoms. The molecule has 1 atom stereocenters. The average Bonchev–Trinajstić information content (AvgIpc) is 2.09. The van der Waals surface area contributed by atoms with Crippen LogP contribution in [0.15, 0.2) is 12.1 Å². The second kappa shape index (κ2) is 7.32. The topological polar surface area (TPSA) is 76.2 Å². The van der Waals surface area contributed by atoms with Gasteiger partial charge >= 0.3 is 5.97 Å². The van der Waals surface area contributed by atoms with E-state index in [1.54, 1.807) is 0 Å². The van der Waals surface area contributed by atoms with Crippen LogP contribution in [0.2, 0.25) is 0 Å². The highest BCUT2D eigenvalue weighted by atomic mass is 35.5. The largest absolute Gasteiger partial charge is 0.480 e. The number of carboxylic acids is 1. The molecule has 0 saturated heterocycles. The van der Waals surface area contributed by atoms with Crippen molar-refractivity contribution in [3.05, 3.63) is 29.6 Å². The van der Waals surface area contributed by atoms with Crippen LogP contribution in [0.4, 0.5) is 8.78 Å². The number of rotatable bonds is 3. The molecule has 0 aliphatic carbocycles. The zero-order chi connectivity index (χ0) is 10.7. The van der Waals surface area contributed by atoms with Gasteiger partial charge in [-0.3, -0.25) is 4.79 Å². The molecule has 4 nitrogen and oxygen atoms in total. The van der Waals surface area contributed by atoms with Gasteiger partial charge in [0.05, 0.1) is 0 Å². The van der Waals surface area contributed by atoms with Gasteiger partial charge in [0.2, 0.25) is 11.9 Å². The van der Waals surface area contributed by atoms with E-state index in [0.29, 0.717) is 0 Å².